The average Bonchev–Trinajstić information content (AvgIpc) is 3.15. The molecule has 0 atom stereocenters. The summed E-state index contributed by atoms with van der Waals surface area (Å²) in [7, 11) is 0. The van der Waals surface area contributed by atoms with E-state index in [0.717, 1.165) is 12.0 Å². The predicted molar refractivity (Wildman–Crippen MR) is 91.3 cm³/mol. The number of hydrogen-bond donors (Lipinski definition) is 1. The van der Waals surface area contributed by atoms with Crippen molar-refractivity contribution in [3.8, 4) is 11.3 Å². The van der Waals surface area contributed by atoms with Crippen LogP contribution in [0.25, 0.3) is 11.3 Å². The largest absolute Gasteiger partial charge is 0.306 e. The fourth-order valence-electron chi connectivity index (χ4n) is 2.51. The van der Waals surface area contributed by atoms with E-state index in [1.54, 1.807) is 24.4 Å². The van der Waals surface area contributed by atoms with E-state index in [1.165, 1.54) is 21.7 Å². The van der Waals surface area contributed by atoms with Crippen LogP contribution in [0.3, 0.4) is 0 Å². The third-order valence-corrected chi connectivity index (χ3v) is 3.61. The van der Waals surface area contributed by atoms with Crippen LogP contribution in [0.4, 0.5) is 10.2 Å². The number of halogens is 1. The van der Waals surface area contributed by atoms with E-state index in [2.05, 4.69) is 20.6 Å². The molecule has 0 radical (unpaired) electrons. The molecule has 25 heavy (non-hydrogen) atoms. The Morgan fingerprint density at radius 3 is 2.84 bits per heavy atom. The molecule has 0 aliphatic carbocycles. The maximum absolute atomic E-state index is 13.9. The summed E-state index contributed by atoms with van der Waals surface area (Å²) in [6.45, 7) is 4.56. The highest BCUT2D eigenvalue weighted by Gasteiger charge is 2.14. The van der Waals surface area contributed by atoms with Gasteiger partial charge in [-0.3, -0.25) is 9.48 Å². The van der Waals surface area contributed by atoms with Crippen molar-refractivity contribution in [2.45, 2.75) is 33.4 Å². The molecule has 3 rings (SSSR count). The van der Waals surface area contributed by atoms with Crippen molar-refractivity contribution in [3.05, 3.63) is 48.0 Å². The summed E-state index contributed by atoms with van der Waals surface area (Å²) in [4.78, 5) is 13.7. The summed E-state index contributed by atoms with van der Waals surface area (Å²) in [6.07, 6.45) is 4.13. The second-order valence-electron chi connectivity index (χ2n) is 5.71. The summed E-state index contributed by atoms with van der Waals surface area (Å²) < 4.78 is 15.4. The van der Waals surface area contributed by atoms with Gasteiger partial charge in [0, 0.05) is 11.8 Å². The first-order chi connectivity index (χ1) is 12.1. The Morgan fingerprint density at radius 1 is 1.28 bits per heavy atom. The van der Waals surface area contributed by atoms with Crippen molar-refractivity contribution in [1.29, 1.82) is 0 Å². The Balaban J connectivity index is 1.70. The molecule has 0 aliphatic rings. The highest BCUT2D eigenvalue weighted by Crippen LogP contribution is 2.24. The number of amides is 1. The van der Waals surface area contributed by atoms with Crippen molar-refractivity contribution in [2.75, 3.05) is 5.32 Å². The zero-order valence-corrected chi connectivity index (χ0v) is 14.1. The van der Waals surface area contributed by atoms with Gasteiger partial charge >= 0.3 is 0 Å². The van der Waals surface area contributed by atoms with E-state index in [9.17, 15) is 9.18 Å². The van der Waals surface area contributed by atoms with E-state index >= 15 is 0 Å². The smallest absolute Gasteiger partial charge is 0.247 e. The molecule has 7 nitrogen and oxygen atoms in total. The molecule has 1 N–H and O–H groups in total. The SMILES string of the molecule is CCCn1ncc(NC(=O)Cn2cc(C)c(-c3ccccc3F)n2)n1. The number of aromatic nitrogens is 5. The Labute approximate surface area is 144 Å². The topological polar surface area (TPSA) is 77.6 Å². The lowest BCUT2D eigenvalue weighted by molar-refractivity contribution is -0.116. The monoisotopic (exact) mass is 342 g/mol. The van der Waals surface area contributed by atoms with E-state index < -0.39 is 0 Å². The van der Waals surface area contributed by atoms with Gasteiger partial charge in [0.05, 0.1) is 18.4 Å². The zero-order valence-electron chi connectivity index (χ0n) is 14.1. The number of rotatable bonds is 6. The normalized spacial score (nSPS) is 10.8. The number of anilines is 1. The van der Waals surface area contributed by atoms with Crippen LogP contribution in [0.1, 0.15) is 18.9 Å². The molecule has 0 bridgehead atoms. The fraction of sp³-hybridized carbons (Fsp3) is 0.294. The molecular weight excluding hydrogens is 323 g/mol. The van der Waals surface area contributed by atoms with Crippen LogP contribution in [-0.4, -0.2) is 30.7 Å². The van der Waals surface area contributed by atoms with Crippen LogP contribution in [-0.2, 0) is 17.9 Å². The molecule has 1 amide bonds. The molecule has 0 aliphatic heterocycles. The van der Waals surface area contributed by atoms with Gasteiger partial charge in [-0.2, -0.15) is 15.0 Å². The fourth-order valence-corrected chi connectivity index (χ4v) is 2.51. The summed E-state index contributed by atoms with van der Waals surface area (Å²) in [5.41, 5.74) is 1.74. The molecule has 2 heterocycles. The highest BCUT2D eigenvalue weighted by molar-refractivity contribution is 5.89. The van der Waals surface area contributed by atoms with Gasteiger partial charge < -0.3 is 5.32 Å². The van der Waals surface area contributed by atoms with Gasteiger partial charge in [-0.25, -0.2) is 4.39 Å². The third-order valence-electron chi connectivity index (χ3n) is 3.61. The van der Waals surface area contributed by atoms with E-state index in [1.807, 2.05) is 13.8 Å². The Hall–Kier alpha value is -3.03. The molecule has 0 fully saturated rings. The minimum Gasteiger partial charge on any atom is -0.306 e. The van der Waals surface area contributed by atoms with Crippen molar-refractivity contribution in [1.82, 2.24) is 24.8 Å². The lowest BCUT2D eigenvalue weighted by Crippen LogP contribution is -2.19. The molecule has 2 aromatic heterocycles. The maximum Gasteiger partial charge on any atom is 0.247 e. The summed E-state index contributed by atoms with van der Waals surface area (Å²) in [5.74, 6) is -0.212. The average molecular weight is 342 g/mol. The van der Waals surface area contributed by atoms with Crippen LogP contribution in [0.2, 0.25) is 0 Å². The number of benzene rings is 1. The standard InChI is InChI=1S/C17H19FN6O/c1-3-8-24-19-9-15(21-24)20-16(25)11-23-10-12(2)17(22-23)13-6-4-5-7-14(13)18/h4-7,9-10H,3,8,11H2,1-2H3,(H,20,21,25). The third kappa shape index (κ3) is 3.90. The van der Waals surface area contributed by atoms with Gasteiger partial charge in [0.25, 0.3) is 0 Å². The van der Waals surface area contributed by atoms with Crippen molar-refractivity contribution in [2.24, 2.45) is 0 Å². The van der Waals surface area contributed by atoms with E-state index in [4.69, 9.17) is 0 Å². The quantitative estimate of drug-likeness (QED) is 0.747. The first-order valence-electron chi connectivity index (χ1n) is 8.05. The second-order valence-corrected chi connectivity index (χ2v) is 5.71. The van der Waals surface area contributed by atoms with E-state index in [-0.39, 0.29) is 18.3 Å². The first-order valence-corrected chi connectivity index (χ1v) is 8.05. The van der Waals surface area contributed by atoms with Crippen molar-refractivity contribution < 1.29 is 9.18 Å². The Kier molecular flexibility index (Phi) is 4.87. The maximum atomic E-state index is 13.9. The second kappa shape index (κ2) is 7.25. The lowest BCUT2D eigenvalue weighted by Gasteiger charge is -2.02. The highest BCUT2D eigenvalue weighted by atomic mass is 19.1. The molecular formula is C17H19FN6O. The minimum absolute atomic E-state index is 0.00985. The molecule has 8 heteroatoms. The summed E-state index contributed by atoms with van der Waals surface area (Å²) in [5, 5.41) is 15.2. The molecule has 0 spiro atoms. The number of hydrogen-bond acceptors (Lipinski definition) is 4. The van der Waals surface area contributed by atoms with Gasteiger partial charge in [-0.05, 0) is 31.0 Å². The molecule has 0 saturated carbocycles. The van der Waals surface area contributed by atoms with Crippen molar-refractivity contribution in [3.63, 3.8) is 0 Å². The van der Waals surface area contributed by atoms with Crippen LogP contribution in [0.5, 0.6) is 0 Å². The number of nitrogens with zero attached hydrogens (tertiary/aromatic N) is 5. The van der Waals surface area contributed by atoms with Gasteiger partial charge in [0.15, 0.2) is 5.82 Å². The van der Waals surface area contributed by atoms with Crippen LogP contribution in [0, 0.1) is 12.7 Å². The lowest BCUT2D eigenvalue weighted by atomic mass is 10.1. The van der Waals surface area contributed by atoms with Crippen LogP contribution >= 0.6 is 0 Å². The van der Waals surface area contributed by atoms with Crippen LogP contribution in [0.15, 0.2) is 36.7 Å². The Bertz CT molecular complexity index is 885. The van der Waals surface area contributed by atoms with Crippen molar-refractivity contribution >= 4 is 11.7 Å². The number of carbonyl (C=O) groups excluding carboxylic acids is 1. The molecule has 0 unspecified atom stereocenters. The minimum atomic E-state index is -0.340. The zero-order chi connectivity index (χ0) is 17.8. The van der Waals surface area contributed by atoms with Gasteiger partial charge in [0.1, 0.15) is 12.4 Å². The summed E-state index contributed by atoms with van der Waals surface area (Å²) in [6, 6.07) is 6.44. The van der Waals surface area contributed by atoms with Gasteiger partial charge in [-0.1, -0.05) is 19.1 Å². The van der Waals surface area contributed by atoms with E-state index in [0.29, 0.717) is 23.6 Å². The predicted octanol–water partition coefficient (Wildman–Crippen LogP) is 2.64. The molecule has 0 saturated heterocycles. The molecule has 130 valence electrons. The Morgan fingerprint density at radius 2 is 2.08 bits per heavy atom. The molecule has 1 aromatic carbocycles. The van der Waals surface area contributed by atoms with Gasteiger partial charge in [-0.15, -0.1) is 5.10 Å². The number of nitrogens with one attached hydrogen (secondary N) is 1. The van der Waals surface area contributed by atoms with Gasteiger partial charge in [0.2, 0.25) is 5.91 Å². The number of carbonyl (C=O) groups is 1. The number of aryl methyl sites for hydroxylation is 2. The first kappa shape index (κ1) is 16.8. The summed E-state index contributed by atoms with van der Waals surface area (Å²) >= 11 is 0. The van der Waals surface area contributed by atoms with Crippen LogP contribution < -0.4 is 5.32 Å². The molecule has 3 aromatic rings.